The van der Waals surface area contributed by atoms with Crippen molar-refractivity contribution < 1.29 is 0 Å². The molecule has 4 nitrogen and oxygen atoms in total. The van der Waals surface area contributed by atoms with Gasteiger partial charge in [-0.2, -0.15) is 0 Å². The van der Waals surface area contributed by atoms with Gasteiger partial charge in [0.15, 0.2) is 0 Å². The number of fused-ring (bicyclic) bond motifs is 1. The molecule has 0 saturated heterocycles. The molecule has 0 spiro atoms. The Balaban J connectivity index is 1.85. The van der Waals surface area contributed by atoms with Crippen LogP contribution in [0.5, 0.6) is 0 Å². The zero-order valence-electron chi connectivity index (χ0n) is 14.7. The molecule has 0 saturated carbocycles. The van der Waals surface area contributed by atoms with Gasteiger partial charge in [-0.15, -0.1) is 0 Å². The van der Waals surface area contributed by atoms with Gasteiger partial charge in [0, 0.05) is 31.7 Å². The van der Waals surface area contributed by atoms with Crippen LogP contribution in [0.25, 0.3) is 11.0 Å². The molecule has 0 atom stereocenters. The van der Waals surface area contributed by atoms with Gasteiger partial charge in [-0.25, -0.2) is 4.79 Å². The van der Waals surface area contributed by atoms with Crippen LogP contribution >= 0.6 is 23.2 Å². The van der Waals surface area contributed by atoms with Crippen LogP contribution in [0.2, 0.25) is 10.0 Å². The van der Waals surface area contributed by atoms with Gasteiger partial charge in [0.2, 0.25) is 0 Å². The summed E-state index contributed by atoms with van der Waals surface area (Å²) in [6.07, 6.45) is 0. The third-order valence-electron chi connectivity index (χ3n) is 4.71. The van der Waals surface area contributed by atoms with Crippen molar-refractivity contribution in [1.29, 1.82) is 0 Å². The first-order chi connectivity index (χ1) is 11.7. The number of imidazole rings is 1. The predicted octanol–water partition coefficient (Wildman–Crippen LogP) is 4.57. The van der Waals surface area contributed by atoms with Gasteiger partial charge in [0.1, 0.15) is 0 Å². The Morgan fingerprint density at radius 2 is 1.64 bits per heavy atom. The number of benzene rings is 2. The highest BCUT2D eigenvalue weighted by atomic mass is 35.5. The minimum atomic E-state index is -0.133. The Morgan fingerprint density at radius 1 is 0.960 bits per heavy atom. The van der Waals surface area contributed by atoms with E-state index in [0.29, 0.717) is 10.0 Å². The molecule has 0 aliphatic heterocycles. The lowest BCUT2D eigenvalue weighted by atomic mass is 9.84. The van der Waals surface area contributed by atoms with Gasteiger partial charge in [-0.1, -0.05) is 43.1 Å². The summed E-state index contributed by atoms with van der Waals surface area (Å²) >= 11 is 12.2. The molecular weight excluding hydrogens is 357 g/mol. The van der Waals surface area contributed by atoms with E-state index in [-0.39, 0.29) is 11.1 Å². The van der Waals surface area contributed by atoms with E-state index in [9.17, 15) is 4.79 Å². The van der Waals surface area contributed by atoms with Crippen LogP contribution in [-0.2, 0) is 19.5 Å². The quantitative estimate of drug-likeness (QED) is 0.722. The summed E-state index contributed by atoms with van der Waals surface area (Å²) in [5.41, 5.74) is 3.76. The van der Waals surface area contributed by atoms with Crippen LogP contribution in [0, 0.1) is 0 Å². The van der Waals surface area contributed by atoms with Crippen LogP contribution < -0.4 is 11.0 Å². The first-order valence-corrected chi connectivity index (χ1v) is 8.81. The topological polar surface area (TPSA) is 39.0 Å². The summed E-state index contributed by atoms with van der Waals surface area (Å²) in [6, 6.07) is 11.7. The number of aromatic nitrogens is 2. The molecule has 0 unspecified atom stereocenters. The maximum atomic E-state index is 12.0. The maximum absolute atomic E-state index is 12.0. The van der Waals surface area contributed by atoms with E-state index in [1.54, 1.807) is 23.2 Å². The molecule has 0 aliphatic carbocycles. The third kappa shape index (κ3) is 3.29. The van der Waals surface area contributed by atoms with E-state index < -0.39 is 0 Å². The van der Waals surface area contributed by atoms with Crippen molar-refractivity contribution in [3.63, 3.8) is 0 Å². The van der Waals surface area contributed by atoms with Crippen molar-refractivity contribution in [2.75, 3.05) is 11.9 Å². The molecule has 3 rings (SSSR count). The summed E-state index contributed by atoms with van der Waals surface area (Å²) in [7, 11) is 3.57. The molecule has 3 aromatic rings. The first kappa shape index (κ1) is 17.9. The number of halogens is 2. The minimum Gasteiger partial charge on any atom is -0.384 e. The summed E-state index contributed by atoms with van der Waals surface area (Å²) in [5, 5.41) is 4.59. The van der Waals surface area contributed by atoms with Crippen molar-refractivity contribution in [3.05, 3.63) is 62.5 Å². The standard InChI is InChI=1S/C19H21Cl2N3O/c1-19(2,12-5-7-14(20)15(21)9-12)11-22-13-6-8-16-17(10-13)24(4)18(25)23(16)3/h5-10,22H,11H2,1-4H3. The molecule has 6 heteroatoms. The number of rotatable bonds is 4. The van der Waals surface area contributed by atoms with Crippen LogP contribution in [-0.4, -0.2) is 15.7 Å². The van der Waals surface area contributed by atoms with Gasteiger partial charge >= 0.3 is 5.69 Å². The van der Waals surface area contributed by atoms with Gasteiger partial charge in [-0.05, 0) is 35.9 Å². The highest BCUT2D eigenvalue weighted by Gasteiger charge is 2.21. The largest absolute Gasteiger partial charge is 0.384 e. The predicted molar refractivity (Wildman–Crippen MR) is 106 cm³/mol. The summed E-state index contributed by atoms with van der Waals surface area (Å²) < 4.78 is 3.31. The van der Waals surface area contributed by atoms with Gasteiger partial charge in [-0.3, -0.25) is 9.13 Å². The molecule has 0 radical (unpaired) electrons. The van der Waals surface area contributed by atoms with Crippen LogP contribution in [0.4, 0.5) is 5.69 Å². The lowest BCUT2D eigenvalue weighted by Gasteiger charge is -2.26. The molecule has 0 aliphatic rings. The van der Waals surface area contributed by atoms with E-state index in [0.717, 1.165) is 28.8 Å². The zero-order chi connectivity index (χ0) is 18.4. The summed E-state index contributed by atoms with van der Waals surface area (Å²) in [6.45, 7) is 5.02. The van der Waals surface area contributed by atoms with Crippen LogP contribution in [0.3, 0.4) is 0 Å². The van der Waals surface area contributed by atoms with E-state index in [2.05, 4.69) is 19.2 Å². The van der Waals surface area contributed by atoms with Crippen LogP contribution in [0.15, 0.2) is 41.2 Å². The Kier molecular flexibility index (Phi) is 4.60. The highest BCUT2D eigenvalue weighted by Crippen LogP contribution is 2.30. The Morgan fingerprint density at radius 3 is 2.32 bits per heavy atom. The molecular formula is C19H21Cl2N3O. The number of aryl methyl sites for hydroxylation is 2. The number of hydrogen-bond acceptors (Lipinski definition) is 2. The molecule has 25 heavy (non-hydrogen) atoms. The fraction of sp³-hybridized carbons (Fsp3) is 0.316. The zero-order valence-corrected chi connectivity index (χ0v) is 16.2. The van der Waals surface area contributed by atoms with E-state index >= 15 is 0 Å². The van der Waals surface area contributed by atoms with E-state index in [4.69, 9.17) is 23.2 Å². The number of hydrogen-bond donors (Lipinski definition) is 1. The molecule has 1 heterocycles. The van der Waals surface area contributed by atoms with Crippen molar-refractivity contribution in [1.82, 2.24) is 9.13 Å². The highest BCUT2D eigenvalue weighted by molar-refractivity contribution is 6.42. The Hall–Kier alpha value is -1.91. The molecule has 1 aromatic heterocycles. The van der Waals surface area contributed by atoms with Crippen molar-refractivity contribution in [2.45, 2.75) is 19.3 Å². The first-order valence-electron chi connectivity index (χ1n) is 8.05. The second kappa shape index (κ2) is 6.43. The molecule has 132 valence electrons. The number of nitrogens with zero attached hydrogens (tertiary/aromatic N) is 2. The second-order valence-corrected chi connectivity index (χ2v) is 7.78. The normalized spacial score (nSPS) is 11.9. The fourth-order valence-corrected chi connectivity index (χ4v) is 3.26. The average molecular weight is 378 g/mol. The second-order valence-electron chi connectivity index (χ2n) is 6.97. The summed E-state index contributed by atoms with van der Waals surface area (Å²) in [5.74, 6) is 0. The van der Waals surface area contributed by atoms with Gasteiger partial charge in [0.05, 0.1) is 21.1 Å². The Labute approximate surface area is 157 Å². The van der Waals surface area contributed by atoms with Gasteiger partial charge in [0.25, 0.3) is 0 Å². The molecule has 0 bridgehead atoms. The lowest BCUT2D eigenvalue weighted by molar-refractivity contribution is 0.557. The van der Waals surface area contributed by atoms with Crippen molar-refractivity contribution in [3.8, 4) is 0 Å². The fourth-order valence-electron chi connectivity index (χ4n) is 2.96. The monoisotopic (exact) mass is 377 g/mol. The lowest BCUT2D eigenvalue weighted by Crippen LogP contribution is -2.27. The van der Waals surface area contributed by atoms with E-state index in [1.165, 1.54) is 0 Å². The average Bonchev–Trinajstić information content (AvgIpc) is 2.80. The third-order valence-corrected chi connectivity index (χ3v) is 5.45. The van der Waals surface area contributed by atoms with E-state index in [1.807, 2.05) is 36.4 Å². The number of anilines is 1. The van der Waals surface area contributed by atoms with Gasteiger partial charge < -0.3 is 5.32 Å². The molecule has 1 N–H and O–H groups in total. The maximum Gasteiger partial charge on any atom is 0.328 e. The smallest absolute Gasteiger partial charge is 0.328 e. The molecule has 2 aromatic carbocycles. The van der Waals surface area contributed by atoms with Crippen molar-refractivity contribution >= 4 is 39.9 Å². The van der Waals surface area contributed by atoms with Crippen LogP contribution in [0.1, 0.15) is 19.4 Å². The van der Waals surface area contributed by atoms with Crippen molar-refractivity contribution in [2.24, 2.45) is 14.1 Å². The Bertz CT molecular complexity index is 1000. The number of nitrogens with one attached hydrogen (secondary N) is 1. The molecule has 0 fully saturated rings. The SMILES string of the molecule is Cn1c(=O)n(C)c2cc(NCC(C)(C)c3ccc(Cl)c(Cl)c3)ccc21. The molecule has 0 amide bonds. The summed E-state index contributed by atoms with van der Waals surface area (Å²) in [4.78, 5) is 12.0. The minimum absolute atomic E-state index is 0.0247.